The van der Waals surface area contributed by atoms with Crippen LogP contribution in [0, 0.1) is 6.92 Å². The van der Waals surface area contributed by atoms with Crippen LogP contribution in [-0.2, 0) is 0 Å². The van der Waals surface area contributed by atoms with Crippen LogP contribution in [0.3, 0.4) is 0 Å². The van der Waals surface area contributed by atoms with Crippen LogP contribution in [-0.4, -0.2) is 32.6 Å². The van der Waals surface area contributed by atoms with Gasteiger partial charge in [0.2, 0.25) is 5.16 Å². The van der Waals surface area contributed by atoms with Crippen molar-refractivity contribution in [2.75, 3.05) is 13.1 Å². The molecule has 0 spiro atoms. The first-order chi connectivity index (χ1) is 7.25. The van der Waals surface area contributed by atoms with Crippen LogP contribution in [0.5, 0.6) is 0 Å². The maximum atomic E-state index is 11.8. The third kappa shape index (κ3) is 2.92. The number of thioether (sulfide) groups is 1. The summed E-state index contributed by atoms with van der Waals surface area (Å²) >= 11 is 2.49. The van der Waals surface area contributed by atoms with Crippen molar-refractivity contribution in [1.29, 1.82) is 0 Å². The Bertz CT molecular complexity index is 347. The summed E-state index contributed by atoms with van der Waals surface area (Å²) in [5.41, 5.74) is 0. The number of rotatable bonds is 1. The zero-order valence-electron chi connectivity index (χ0n) is 8.60. The summed E-state index contributed by atoms with van der Waals surface area (Å²) in [6.45, 7) is 3.66. The van der Waals surface area contributed by atoms with Crippen molar-refractivity contribution < 1.29 is 4.79 Å². The Morgan fingerprint density at radius 1 is 1.40 bits per heavy atom. The van der Waals surface area contributed by atoms with E-state index in [2.05, 4.69) is 9.36 Å². The van der Waals surface area contributed by atoms with Gasteiger partial charge in [0.15, 0.2) is 0 Å². The molecule has 0 N–H and O–H groups in total. The number of amides is 1. The van der Waals surface area contributed by atoms with Gasteiger partial charge in [0, 0.05) is 24.9 Å². The highest BCUT2D eigenvalue weighted by atomic mass is 32.2. The fourth-order valence-corrected chi connectivity index (χ4v) is 2.89. The normalized spacial score (nSPS) is 16.7. The average Bonchev–Trinajstić information content (AvgIpc) is 2.65. The zero-order chi connectivity index (χ0) is 10.7. The van der Waals surface area contributed by atoms with Crippen LogP contribution in [0.4, 0.5) is 4.79 Å². The fraction of sp³-hybridized carbons (Fsp3) is 0.667. The smallest absolute Gasteiger partial charge is 0.289 e. The van der Waals surface area contributed by atoms with Crippen molar-refractivity contribution in [2.45, 2.75) is 31.3 Å². The van der Waals surface area contributed by atoms with Crippen LogP contribution >= 0.6 is 23.3 Å². The van der Waals surface area contributed by atoms with E-state index in [-0.39, 0.29) is 5.24 Å². The lowest BCUT2D eigenvalue weighted by Crippen LogP contribution is -2.32. The van der Waals surface area contributed by atoms with Crippen LogP contribution in [0.1, 0.15) is 24.3 Å². The Labute approximate surface area is 97.2 Å². The second-order valence-electron chi connectivity index (χ2n) is 3.51. The quantitative estimate of drug-likeness (QED) is 0.711. The van der Waals surface area contributed by atoms with Crippen LogP contribution in [0.2, 0.25) is 0 Å². The van der Waals surface area contributed by atoms with Crippen molar-refractivity contribution in [3.05, 3.63) is 5.01 Å². The molecule has 15 heavy (non-hydrogen) atoms. The van der Waals surface area contributed by atoms with E-state index in [9.17, 15) is 4.79 Å². The summed E-state index contributed by atoms with van der Waals surface area (Å²) in [4.78, 5) is 17.9. The van der Waals surface area contributed by atoms with E-state index in [0.717, 1.165) is 42.7 Å². The number of aryl methyl sites for hydroxylation is 1. The third-order valence-corrected chi connectivity index (χ3v) is 3.84. The first-order valence-corrected chi connectivity index (χ1v) is 6.62. The molecule has 0 aromatic carbocycles. The van der Waals surface area contributed by atoms with Gasteiger partial charge in [-0.15, -0.1) is 0 Å². The molecule has 0 aliphatic carbocycles. The van der Waals surface area contributed by atoms with E-state index >= 15 is 0 Å². The molecule has 1 saturated heterocycles. The molecule has 4 nitrogen and oxygen atoms in total. The van der Waals surface area contributed by atoms with E-state index in [1.54, 1.807) is 0 Å². The van der Waals surface area contributed by atoms with Crippen LogP contribution < -0.4 is 0 Å². The second kappa shape index (κ2) is 4.94. The molecule has 1 aromatic heterocycles. The molecule has 2 rings (SSSR count). The molecule has 1 aromatic rings. The third-order valence-electron chi connectivity index (χ3n) is 2.30. The Morgan fingerprint density at radius 2 is 2.13 bits per heavy atom. The molecule has 0 saturated carbocycles. The minimum absolute atomic E-state index is 0.0903. The summed E-state index contributed by atoms with van der Waals surface area (Å²) in [6, 6.07) is 0. The second-order valence-corrected chi connectivity index (χ2v) is 5.39. The summed E-state index contributed by atoms with van der Waals surface area (Å²) in [7, 11) is 0. The zero-order valence-corrected chi connectivity index (χ0v) is 10.2. The SMILES string of the molecule is Cc1nc(SC(=O)N2CCCCC2)ns1. The lowest BCUT2D eigenvalue weighted by molar-refractivity contribution is 0.211. The number of carbonyl (C=O) groups is 1. The lowest BCUT2D eigenvalue weighted by atomic mass is 10.1. The van der Waals surface area contributed by atoms with Gasteiger partial charge in [-0.2, -0.15) is 4.37 Å². The van der Waals surface area contributed by atoms with Gasteiger partial charge in [-0.1, -0.05) is 0 Å². The Kier molecular flexibility index (Phi) is 3.58. The summed E-state index contributed by atoms with van der Waals surface area (Å²) < 4.78 is 4.10. The number of likely N-dealkylation sites (tertiary alicyclic amines) is 1. The van der Waals surface area contributed by atoms with Crippen molar-refractivity contribution in [3.63, 3.8) is 0 Å². The molecule has 1 amide bonds. The van der Waals surface area contributed by atoms with Crippen molar-refractivity contribution in [1.82, 2.24) is 14.3 Å². The maximum absolute atomic E-state index is 11.8. The molecule has 2 heterocycles. The van der Waals surface area contributed by atoms with Gasteiger partial charge >= 0.3 is 0 Å². The molecule has 0 radical (unpaired) electrons. The van der Waals surface area contributed by atoms with E-state index in [0.29, 0.717) is 5.16 Å². The van der Waals surface area contributed by atoms with Gasteiger partial charge in [0.05, 0.1) is 0 Å². The standard InChI is InChI=1S/C9H13N3OS2/c1-7-10-8(11-15-7)14-9(13)12-5-3-2-4-6-12/h2-6H2,1H3. The van der Waals surface area contributed by atoms with Crippen molar-refractivity contribution in [2.24, 2.45) is 0 Å². The number of nitrogens with zero attached hydrogens (tertiary/aromatic N) is 3. The van der Waals surface area contributed by atoms with Gasteiger partial charge in [-0.25, -0.2) is 4.98 Å². The predicted molar refractivity (Wildman–Crippen MR) is 61.3 cm³/mol. The molecule has 1 aliphatic rings. The van der Waals surface area contributed by atoms with Gasteiger partial charge in [-0.05, 0) is 37.7 Å². The Hall–Kier alpha value is -0.620. The molecular weight excluding hydrogens is 230 g/mol. The molecule has 0 atom stereocenters. The number of hydrogen-bond donors (Lipinski definition) is 0. The number of aromatic nitrogens is 2. The van der Waals surface area contributed by atoms with Crippen LogP contribution in [0.25, 0.3) is 0 Å². The highest BCUT2D eigenvalue weighted by Crippen LogP contribution is 2.22. The molecule has 1 aliphatic heterocycles. The minimum atomic E-state index is 0.0903. The number of hydrogen-bond acceptors (Lipinski definition) is 5. The maximum Gasteiger partial charge on any atom is 0.289 e. The highest BCUT2D eigenvalue weighted by molar-refractivity contribution is 8.13. The van der Waals surface area contributed by atoms with E-state index < -0.39 is 0 Å². The predicted octanol–water partition coefficient (Wildman–Crippen LogP) is 2.54. The molecular formula is C9H13N3OS2. The van der Waals surface area contributed by atoms with E-state index in [1.807, 2.05) is 11.8 Å². The van der Waals surface area contributed by atoms with E-state index in [4.69, 9.17) is 0 Å². The average molecular weight is 243 g/mol. The van der Waals surface area contributed by atoms with Gasteiger partial charge in [0.25, 0.3) is 5.24 Å². The Morgan fingerprint density at radius 3 is 2.73 bits per heavy atom. The summed E-state index contributed by atoms with van der Waals surface area (Å²) in [6.07, 6.45) is 3.48. The summed E-state index contributed by atoms with van der Waals surface area (Å²) in [5, 5.41) is 1.59. The molecule has 1 fully saturated rings. The largest absolute Gasteiger partial charge is 0.333 e. The molecule has 6 heteroatoms. The van der Waals surface area contributed by atoms with E-state index in [1.165, 1.54) is 18.0 Å². The first-order valence-electron chi connectivity index (χ1n) is 5.03. The van der Waals surface area contributed by atoms with Gasteiger partial charge in [-0.3, -0.25) is 4.79 Å². The van der Waals surface area contributed by atoms with Gasteiger partial charge in [0.1, 0.15) is 5.01 Å². The van der Waals surface area contributed by atoms with Gasteiger partial charge < -0.3 is 4.90 Å². The molecule has 0 bridgehead atoms. The van der Waals surface area contributed by atoms with Crippen molar-refractivity contribution >= 4 is 28.5 Å². The van der Waals surface area contributed by atoms with Crippen molar-refractivity contribution in [3.8, 4) is 0 Å². The summed E-state index contributed by atoms with van der Waals surface area (Å²) in [5.74, 6) is 0. The monoisotopic (exact) mass is 243 g/mol. The number of carbonyl (C=O) groups excluding carboxylic acids is 1. The number of piperidine rings is 1. The Balaban J connectivity index is 1.91. The fourth-order valence-electron chi connectivity index (χ4n) is 1.54. The highest BCUT2D eigenvalue weighted by Gasteiger charge is 2.19. The topological polar surface area (TPSA) is 46.1 Å². The lowest BCUT2D eigenvalue weighted by Gasteiger charge is -2.25. The minimum Gasteiger partial charge on any atom is -0.333 e. The molecule has 82 valence electrons. The molecule has 0 unspecified atom stereocenters. The first kappa shape index (κ1) is 10.9. The van der Waals surface area contributed by atoms with Crippen LogP contribution in [0.15, 0.2) is 5.16 Å².